The van der Waals surface area contributed by atoms with Crippen LogP contribution >= 0.6 is 0 Å². The molecule has 7 heteroatoms. The van der Waals surface area contributed by atoms with Gasteiger partial charge in [0.05, 0.1) is 17.4 Å². The molecule has 1 aliphatic heterocycles. The van der Waals surface area contributed by atoms with Gasteiger partial charge in [-0.2, -0.15) is 0 Å². The van der Waals surface area contributed by atoms with Gasteiger partial charge in [0.25, 0.3) is 0 Å². The molecule has 0 radical (unpaired) electrons. The fourth-order valence-electron chi connectivity index (χ4n) is 2.09. The number of hydrogen-bond acceptors (Lipinski definition) is 4. The Bertz CT molecular complexity index is 676. The molecule has 2 rings (SSSR count). The highest BCUT2D eigenvalue weighted by atomic mass is 32.2. The predicted molar refractivity (Wildman–Crippen MR) is 78.5 cm³/mol. The van der Waals surface area contributed by atoms with Crippen molar-refractivity contribution in [1.29, 1.82) is 0 Å². The Labute approximate surface area is 122 Å². The van der Waals surface area contributed by atoms with E-state index in [0.29, 0.717) is 17.7 Å². The van der Waals surface area contributed by atoms with E-state index in [4.69, 9.17) is 5.11 Å². The summed E-state index contributed by atoms with van der Waals surface area (Å²) in [6.07, 6.45) is 2.82. The van der Waals surface area contributed by atoms with E-state index < -0.39 is 21.7 Å². The summed E-state index contributed by atoms with van der Waals surface area (Å²) < 4.78 is 22.7. The third-order valence-electron chi connectivity index (χ3n) is 3.20. The predicted octanol–water partition coefficient (Wildman–Crippen LogP) is 1.16. The van der Waals surface area contributed by atoms with E-state index in [-0.39, 0.29) is 17.4 Å². The molecule has 1 amide bonds. The molecule has 1 aromatic rings. The van der Waals surface area contributed by atoms with Crippen LogP contribution in [0.4, 0.5) is 5.69 Å². The van der Waals surface area contributed by atoms with Gasteiger partial charge in [-0.15, -0.1) is 0 Å². The van der Waals surface area contributed by atoms with E-state index in [1.165, 1.54) is 6.08 Å². The topological polar surface area (TPSA) is 101 Å². The first-order valence-electron chi connectivity index (χ1n) is 6.38. The van der Waals surface area contributed by atoms with Crippen molar-refractivity contribution in [2.75, 3.05) is 16.8 Å². The molecule has 2 N–H and O–H groups in total. The van der Waals surface area contributed by atoms with Gasteiger partial charge in [0, 0.05) is 11.8 Å². The van der Waals surface area contributed by atoms with Crippen LogP contribution in [0.3, 0.4) is 0 Å². The van der Waals surface area contributed by atoms with Gasteiger partial charge in [0.2, 0.25) is 5.91 Å². The number of amides is 1. The molecule has 1 heterocycles. The summed E-state index contributed by atoms with van der Waals surface area (Å²) in [4.78, 5) is 22.3. The summed E-state index contributed by atoms with van der Waals surface area (Å²) in [7, 11) is -3.08. The minimum absolute atomic E-state index is 0.0595. The molecule has 1 unspecified atom stereocenters. The second-order valence-corrected chi connectivity index (χ2v) is 7.11. The first-order chi connectivity index (χ1) is 9.85. The Morgan fingerprint density at radius 1 is 1.24 bits per heavy atom. The Morgan fingerprint density at radius 2 is 1.90 bits per heavy atom. The van der Waals surface area contributed by atoms with Crippen LogP contribution in [0.2, 0.25) is 0 Å². The highest BCUT2D eigenvalue weighted by Gasteiger charge is 2.32. The van der Waals surface area contributed by atoms with Crippen LogP contribution in [0.25, 0.3) is 6.08 Å². The normalized spacial score (nSPS) is 20.5. The van der Waals surface area contributed by atoms with Crippen molar-refractivity contribution in [2.24, 2.45) is 5.92 Å². The number of benzene rings is 1. The fraction of sp³-hybridized carbons (Fsp3) is 0.286. The van der Waals surface area contributed by atoms with E-state index in [1.54, 1.807) is 24.3 Å². The average molecular weight is 309 g/mol. The van der Waals surface area contributed by atoms with Gasteiger partial charge in [-0.05, 0) is 30.2 Å². The van der Waals surface area contributed by atoms with Crippen molar-refractivity contribution in [1.82, 2.24) is 0 Å². The number of carbonyl (C=O) groups excluding carboxylic acids is 1. The van der Waals surface area contributed by atoms with Crippen LogP contribution in [0, 0.1) is 5.92 Å². The van der Waals surface area contributed by atoms with Gasteiger partial charge >= 0.3 is 5.97 Å². The molecule has 6 nitrogen and oxygen atoms in total. The van der Waals surface area contributed by atoms with Gasteiger partial charge in [-0.3, -0.25) is 4.79 Å². The van der Waals surface area contributed by atoms with Gasteiger partial charge < -0.3 is 10.4 Å². The molecule has 1 atom stereocenters. The third kappa shape index (κ3) is 4.42. The standard InChI is InChI=1S/C14H15NO5S/c16-13(17)6-3-10-1-4-12(5-2-10)15-14(18)11-7-8-21(19,20)9-11/h1-6,11H,7-9H2,(H,15,18)(H,16,17)/b6-3+. The molecule has 0 aromatic heterocycles. The lowest BCUT2D eigenvalue weighted by molar-refractivity contribution is -0.131. The van der Waals surface area contributed by atoms with Gasteiger partial charge in [-0.25, -0.2) is 13.2 Å². The summed E-state index contributed by atoms with van der Waals surface area (Å²) in [5.41, 5.74) is 1.25. The van der Waals surface area contributed by atoms with Crippen molar-refractivity contribution in [3.63, 3.8) is 0 Å². The van der Waals surface area contributed by atoms with E-state index in [0.717, 1.165) is 6.08 Å². The SMILES string of the molecule is O=C(O)/C=C/c1ccc(NC(=O)C2CCS(=O)(=O)C2)cc1. The maximum atomic E-state index is 11.9. The van der Waals surface area contributed by atoms with E-state index >= 15 is 0 Å². The zero-order valence-corrected chi connectivity index (χ0v) is 12.0. The smallest absolute Gasteiger partial charge is 0.328 e. The van der Waals surface area contributed by atoms with Crippen LogP contribution in [-0.2, 0) is 19.4 Å². The Balaban J connectivity index is 1.97. The molecule has 0 bridgehead atoms. The number of nitrogens with one attached hydrogen (secondary N) is 1. The van der Waals surface area contributed by atoms with Crippen LogP contribution in [0.5, 0.6) is 0 Å². The van der Waals surface area contributed by atoms with E-state index in [2.05, 4.69) is 5.32 Å². The lowest BCUT2D eigenvalue weighted by atomic mass is 10.1. The Hall–Kier alpha value is -2.15. The molecule has 0 saturated carbocycles. The van der Waals surface area contributed by atoms with Gasteiger partial charge in [0.1, 0.15) is 0 Å². The van der Waals surface area contributed by atoms with Crippen LogP contribution < -0.4 is 5.32 Å². The van der Waals surface area contributed by atoms with Gasteiger partial charge in [-0.1, -0.05) is 12.1 Å². The van der Waals surface area contributed by atoms with E-state index in [9.17, 15) is 18.0 Å². The van der Waals surface area contributed by atoms with Crippen LogP contribution in [0.15, 0.2) is 30.3 Å². The first kappa shape index (κ1) is 15.2. The van der Waals surface area contributed by atoms with Gasteiger partial charge in [0.15, 0.2) is 9.84 Å². The number of aliphatic carboxylic acids is 1. The summed E-state index contributed by atoms with van der Waals surface area (Å²) in [5.74, 6) is -1.87. The number of carboxylic acid groups (broad SMARTS) is 1. The molecule has 0 aliphatic carbocycles. The lowest BCUT2D eigenvalue weighted by Crippen LogP contribution is -2.23. The number of carbonyl (C=O) groups is 2. The highest BCUT2D eigenvalue weighted by Crippen LogP contribution is 2.20. The second kappa shape index (κ2) is 6.09. The molecule has 1 aromatic carbocycles. The Kier molecular flexibility index (Phi) is 4.42. The third-order valence-corrected chi connectivity index (χ3v) is 4.97. The summed E-state index contributed by atoms with van der Waals surface area (Å²) in [6.45, 7) is 0. The molecule has 1 fully saturated rings. The maximum absolute atomic E-state index is 11.9. The fourth-order valence-corrected chi connectivity index (χ4v) is 3.83. The minimum Gasteiger partial charge on any atom is -0.478 e. The van der Waals surface area contributed by atoms with Crippen molar-refractivity contribution in [3.05, 3.63) is 35.9 Å². The second-order valence-electron chi connectivity index (χ2n) is 4.88. The largest absolute Gasteiger partial charge is 0.478 e. The molecule has 21 heavy (non-hydrogen) atoms. The molecule has 1 saturated heterocycles. The molecular weight excluding hydrogens is 294 g/mol. The number of sulfone groups is 1. The zero-order valence-electron chi connectivity index (χ0n) is 11.2. The molecule has 0 spiro atoms. The van der Waals surface area contributed by atoms with Crippen molar-refractivity contribution in [3.8, 4) is 0 Å². The molecular formula is C14H15NO5S. The first-order valence-corrected chi connectivity index (χ1v) is 8.20. The van der Waals surface area contributed by atoms with Crippen molar-refractivity contribution < 1.29 is 23.1 Å². The van der Waals surface area contributed by atoms with Crippen LogP contribution in [-0.4, -0.2) is 36.9 Å². The highest BCUT2D eigenvalue weighted by molar-refractivity contribution is 7.91. The zero-order chi connectivity index (χ0) is 15.5. The Morgan fingerprint density at radius 3 is 2.43 bits per heavy atom. The molecule has 112 valence electrons. The maximum Gasteiger partial charge on any atom is 0.328 e. The number of anilines is 1. The quantitative estimate of drug-likeness (QED) is 0.813. The van der Waals surface area contributed by atoms with E-state index in [1.807, 2.05) is 0 Å². The van der Waals surface area contributed by atoms with Crippen molar-refractivity contribution >= 4 is 33.5 Å². The summed E-state index contributed by atoms with van der Waals surface area (Å²) in [5, 5.41) is 11.2. The number of rotatable bonds is 4. The number of carboxylic acids is 1. The van der Waals surface area contributed by atoms with Crippen molar-refractivity contribution in [2.45, 2.75) is 6.42 Å². The summed E-state index contributed by atoms with van der Waals surface area (Å²) >= 11 is 0. The van der Waals surface area contributed by atoms with Crippen LogP contribution in [0.1, 0.15) is 12.0 Å². The minimum atomic E-state index is -3.08. The number of hydrogen-bond donors (Lipinski definition) is 2. The lowest BCUT2D eigenvalue weighted by Gasteiger charge is -2.09. The summed E-state index contributed by atoms with van der Waals surface area (Å²) in [6, 6.07) is 6.62. The monoisotopic (exact) mass is 309 g/mol. The average Bonchev–Trinajstić information content (AvgIpc) is 2.78. The molecule has 1 aliphatic rings.